The topological polar surface area (TPSA) is 53.2 Å². The van der Waals surface area contributed by atoms with Crippen LogP contribution in [0.2, 0.25) is 0 Å². The van der Waals surface area contributed by atoms with Crippen molar-refractivity contribution in [1.82, 2.24) is 0 Å². The number of aliphatic hydroxyl groups excluding tert-OH is 1. The van der Waals surface area contributed by atoms with Crippen LogP contribution in [0.15, 0.2) is 42.5 Å². The Hall–Kier alpha value is -2.38. The summed E-state index contributed by atoms with van der Waals surface area (Å²) in [5.74, 6) is 0.191. The normalized spacial score (nSPS) is 10.1. The van der Waals surface area contributed by atoms with Gasteiger partial charge >= 0.3 is 0 Å². The molecule has 0 spiro atoms. The maximum atomic E-state index is 13.6. The molecule has 0 radical (unpaired) electrons. The van der Waals surface area contributed by atoms with Gasteiger partial charge in [-0.15, -0.1) is 0 Å². The van der Waals surface area contributed by atoms with Crippen molar-refractivity contribution < 1.29 is 14.2 Å². The number of aliphatic hydroxyl groups is 1. The number of nitriles is 1. The molecule has 2 aromatic rings. The molecule has 0 atom stereocenters. The van der Waals surface area contributed by atoms with E-state index in [4.69, 9.17) is 15.1 Å². The maximum absolute atomic E-state index is 13.6. The van der Waals surface area contributed by atoms with E-state index in [-0.39, 0.29) is 13.2 Å². The van der Waals surface area contributed by atoms with E-state index in [1.54, 1.807) is 24.3 Å². The molecule has 2 rings (SSSR count). The molecule has 0 fully saturated rings. The van der Waals surface area contributed by atoms with Gasteiger partial charge < -0.3 is 9.84 Å². The molecule has 0 unspecified atom stereocenters. The molecule has 3 nitrogen and oxygen atoms in total. The van der Waals surface area contributed by atoms with Gasteiger partial charge in [0.1, 0.15) is 18.2 Å². The average molecular weight is 271 g/mol. The summed E-state index contributed by atoms with van der Waals surface area (Å²) in [6.45, 7) is 0.216. The summed E-state index contributed by atoms with van der Waals surface area (Å²) in [7, 11) is 0. The lowest BCUT2D eigenvalue weighted by Crippen LogP contribution is -1.99. The van der Waals surface area contributed by atoms with Gasteiger partial charge in [0.2, 0.25) is 0 Å². The van der Waals surface area contributed by atoms with Gasteiger partial charge in [-0.25, -0.2) is 4.39 Å². The first-order valence-electron chi connectivity index (χ1n) is 6.24. The van der Waals surface area contributed by atoms with Gasteiger partial charge in [0.15, 0.2) is 0 Å². The van der Waals surface area contributed by atoms with E-state index in [1.807, 2.05) is 18.2 Å². The predicted molar refractivity (Wildman–Crippen MR) is 72.7 cm³/mol. The molecule has 102 valence electrons. The van der Waals surface area contributed by atoms with Gasteiger partial charge in [-0.05, 0) is 36.2 Å². The Balaban J connectivity index is 2.00. The van der Waals surface area contributed by atoms with Crippen LogP contribution in [0.25, 0.3) is 0 Å². The van der Waals surface area contributed by atoms with Crippen LogP contribution < -0.4 is 4.74 Å². The van der Waals surface area contributed by atoms with Crippen LogP contribution in [0.4, 0.5) is 4.39 Å². The Kier molecular flexibility index (Phi) is 4.70. The average Bonchev–Trinajstić information content (AvgIpc) is 2.48. The molecule has 0 bridgehead atoms. The largest absolute Gasteiger partial charge is 0.489 e. The quantitative estimate of drug-likeness (QED) is 0.909. The number of halogens is 1. The van der Waals surface area contributed by atoms with Crippen molar-refractivity contribution in [1.29, 1.82) is 5.26 Å². The lowest BCUT2D eigenvalue weighted by molar-refractivity contribution is 0.296. The summed E-state index contributed by atoms with van der Waals surface area (Å²) >= 11 is 0. The molecule has 0 aromatic heterocycles. The lowest BCUT2D eigenvalue weighted by atomic mass is 10.1. The van der Waals surface area contributed by atoms with Crippen LogP contribution in [0.5, 0.6) is 5.75 Å². The third kappa shape index (κ3) is 3.56. The van der Waals surface area contributed by atoms with E-state index in [0.717, 1.165) is 5.56 Å². The molecule has 0 heterocycles. The fourth-order valence-electron chi connectivity index (χ4n) is 1.78. The van der Waals surface area contributed by atoms with Crippen molar-refractivity contribution in [3.63, 3.8) is 0 Å². The number of rotatable bonds is 5. The molecule has 4 heteroatoms. The molecule has 2 aromatic carbocycles. The summed E-state index contributed by atoms with van der Waals surface area (Å²) in [5, 5.41) is 17.5. The molecule has 0 aliphatic carbocycles. The van der Waals surface area contributed by atoms with Crippen LogP contribution in [-0.4, -0.2) is 11.7 Å². The zero-order valence-electron chi connectivity index (χ0n) is 10.8. The van der Waals surface area contributed by atoms with Gasteiger partial charge in [-0.3, -0.25) is 0 Å². The van der Waals surface area contributed by atoms with Gasteiger partial charge in [0.25, 0.3) is 0 Å². The molecule has 20 heavy (non-hydrogen) atoms. The van der Waals surface area contributed by atoms with Crippen molar-refractivity contribution in [3.8, 4) is 11.8 Å². The number of ether oxygens (including phenoxy) is 1. The van der Waals surface area contributed by atoms with Crippen LogP contribution in [0.1, 0.15) is 16.7 Å². The van der Waals surface area contributed by atoms with Crippen molar-refractivity contribution in [2.24, 2.45) is 0 Å². The monoisotopic (exact) mass is 271 g/mol. The second-order valence-electron chi connectivity index (χ2n) is 4.32. The molecule has 0 aliphatic rings. The molecular formula is C16H14FNO2. The van der Waals surface area contributed by atoms with Gasteiger partial charge in [0, 0.05) is 12.2 Å². The first-order valence-corrected chi connectivity index (χ1v) is 6.24. The third-order valence-electron chi connectivity index (χ3n) is 2.90. The lowest BCUT2D eigenvalue weighted by Gasteiger charge is -2.08. The molecule has 0 aliphatic heterocycles. The van der Waals surface area contributed by atoms with Crippen LogP contribution >= 0.6 is 0 Å². The first-order chi connectivity index (χ1) is 9.72. The van der Waals surface area contributed by atoms with E-state index in [9.17, 15) is 4.39 Å². The Labute approximate surface area is 116 Å². The van der Waals surface area contributed by atoms with Crippen molar-refractivity contribution in [2.75, 3.05) is 6.61 Å². The standard InChI is InChI=1S/C16H14FNO2/c17-16-9-13(10-18)1-4-14(16)11-20-15-5-2-12(3-6-15)7-8-19/h1-6,9,19H,7-8,11H2. The van der Waals surface area contributed by atoms with E-state index >= 15 is 0 Å². The van der Waals surface area contributed by atoms with Gasteiger partial charge in [0.05, 0.1) is 11.6 Å². The van der Waals surface area contributed by atoms with E-state index < -0.39 is 5.82 Å². The summed E-state index contributed by atoms with van der Waals surface area (Å²) in [6.07, 6.45) is 0.602. The third-order valence-corrected chi connectivity index (χ3v) is 2.90. The second kappa shape index (κ2) is 6.69. The van der Waals surface area contributed by atoms with Crippen molar-refractivity contribution >= 4 is 0 Å². The Morgan fingerprint density at radius 3 is 2.50 bits per heavy atom. The first kappa shape index (κ1) is 14.0. The number of hydrogen-bond donors (Lipinski definition) is 1. The van der Waals surface area contributed by atoms with Crippen LogP contribution in [0.3, 0.4) is 0 Å². The SMILES string of the molecule is N#Cc1ccc(COc2ccc(CCO)cc2)c(F)c1. The van der Waals surface area contributed by atoms with Crippen LogP contribution in [0, 0.1) is 17.1 Å². The zero-order chi connectivity index (χ0) is 14.4. The number of benzene rings is 2. The summed E-state index contributed by atoms with van der Waals surface area (Å²) in [5.41, 5.74) is 1.72. The van der Waals surface area contributed by atoms with E-state index in [1.165, 1.54) is 6.07 Å². The highest BCUT2D eigenvalue weighted by molar-refractivity contribution is 5.33. The summed E-state index contributed by atoms with van der Waals surface area (Å²) in [4.78, 5) is 0. The molecule has 0 amide bonds. The van der Waals surface area contributed by atoms with Gasteiger partial charge in [-0.1, -0.05) is 18.2 Å². The smallest absolute Gasteiger partial charge is 0.131 e. The Morgan fingerprint density at radius 1 is 1.15 bits per heavy atom. The minimum absolute atomic E-state index is 0.108. The van der Waals surface area contributed by atoms with Crippen LogP contribution in [-0.2, 0) is 13.0 Å². The fourth-order valence-corrected chi connectivity index (χ4v) is 1.78. The minimum Gasteiger partial charge on any atom is -0.489 e. The predicted octanol–water partition coefficient (Wildman–Crippen LogP) is 2.81. The highest BCUT2D eigenvalue weighted by Crippen LogP contribution is 2.16. The Bertz CT molecular complexity index is 617. The van der Waals surface area contributed by atoms with Gasteiger partial charge in [-0.2, -0.15) is 5.26 Å². The summed E-state index contributed by atoms with van der Waals surface area (Å²) in [6, 6.07) is 13.5. The maximum Gasteiger partial charge on any atom is 0.131 e. The summed E-state index contributed by atoms with van der Waals surface area (Å²) < 4.78 is 19.1. The highest BCUT2D eigenvalue weighted by atomic mass is 19.1. The molecule has 1 N–H and O–H groups in total. The van der Waals surface area contributed by atoms with Crippen molar-refractivity contribution in [2.45, 2.75) is 13.0 Å². The van der Waals surface area contributed by atoms with Crippen molar-refractivity contribution in [3.05, 3.63) is 65.0 Å². The molecular weight excluding hydrogens is 257 g/mol. The highest BCUT2D eigenvalue weighted by Gasteiger charge is 2.04. The minimum atomic E-state index is -0.444. The zero-order valence-corrected chi connectivity index (χ0v) is 10.8. The van der Waals surface area contributed by atoms with E-state index in [2.05, 4.69) is 0 Å². The number of nitrogens with zero attached hydrogens (tertiary/aromatic N) is 1. The Morgan fingerprint density at radius 2 is 1.90 bits per heavy atom. The second-order valence-corrected chi connectivity index (χ2v) is 4.32. The molecule has 0 saturated heterocycles. The van der Waals surface area contributed by atoms with E-state index in [0.29, 0.717) is 23.3 Å². The number of hydrogen-bond acceptors (Lipinski definition) is 3. The fraction of sp³-hybridized carbons (Fsp3) is 0.188. The molecule has 0 saturated carbocycles.